The summed E-state index contributed by atoms with van der Waals surface area (Å²) in [6, 6.07) is 13.1. The monoisotopic (exact) mass is 542 g/mol. The number of ether oxygens (including phenoxy) is 2. The molecule has 2 aliphatic rings. The Hall–Kier alpha value is -3.51. The third kappa shape index (κ3) is 5.37. The number of amides is 2. The normalized spacial score (nSPS) is 22.4. The summed E-state index contributed by atoms with van der Waals surface area (Å²) in [5.74, 6) is -0.986. The van der Waals surface area contributed by atoms with Crippen LogP contribution in [0.15, 0.2) is 65.8 Å². The first-order valence-electron chi connectivity index (χ1n) is 12.1. The largest absolute Gasteiger partial charge is 0.465 e. The Morgan fingerprint density at radius 1 is 1.11 bits per heavy atom. The van der Waals surface area contributed by atoms with Crippen molar-refractivity contribution in [2.75, 3.05) is 13.2 Å². The number of hydrogen-bond donors (Lipinski definition) is 4. The number of nitrogens with one attached hydrogen (secondary N) is 2. The number of carbonyl (C=O) groups is 2. The molecule has 1 aliphatic carbocycles. The maximum atomic E-state index is 13.3. The SMILES string of the molecule is CC1(NC(=O)C/C=C/Oc2ccc(S(=O)(=O)C3(C(=O)NO)CCOCC3)cc2)C=c2ccccc2=CC1O. The van der Waals surface area contributed by atoms with Crippen LogP contribution in [0.2, 0.25) is 0 Å². The quantitative estimate of drug-likeness (QED) is 0.211. The van der Waals surface area contributed by atoms with Crippen molar-refractivity contribution < 1.29 is 37.8 Å². The van der Waals surface area contributed by atoms with E-state index in [0.29, 0.717) is 5.75 Å². The molecule has 11 heteroatoms. The maximum absolute atomic E-state index is 13.3. The fourth-order valence-corrected chi connectivity index (χ4v) is 6.57. The number of carbonyl (C=O) groups excluding carboxylic acids is 2. The number of benzene rings is 2. The summed E-state index contributed by atoms with van der Waals surface area (Å²) in [6.45, 7) is 1.90. The van der Waals surface area contributed by atoms with Gasteiger partial charge in [-0.3, -0.25) is 14.8 Å². The number of aliphatic hydroxyl groups excluding tert-OH is 1. The van der Waals surface area contributed by atoms with Gasteiger partial charge < -0.3 is 19.9 Å². The first kappa shape index (κ1) is 27.5. The number of hydrogen-bond acceptors (Lipinski definition) is 8. The minimum absolute atomic E-state index is 0.00881. The molecule has 4 N–H and O–H groups in total. The van der Waals surface area contributed by atoms with Gasteiger partial charge in [-0.05, 0) is 72.7 Å². The standard InChI is InChI=1S/C27H30N2O8S/c1-26(18-20-6-3-2-5-19(20)17-23(26)30)28-24(31)7-4-14-37-21-8-10-22(11-9-21)38(34,35)27(25(32)29-33)12-15-36-16-13-27/h2-6,8-11,14,17-18,23,30,33H,7,12-13,15-16H2,1H3,(H,28,31)(H,29,32)/b14-4+. The van der Waals surface area contributed by atoms with Crippen LogP contribution in [0.4, 0.5) is 0 Å². The molecule has 0 aromatic heterocycles. The van der Waals surface area contributed by atoms with Crippen LogP contribution in [0.3, 0.4) is 0 Å². The molecule has 0 saturated carbocycles. The fraction of sp³-hybridized carbons (Fsp3) is 0.333. The number of fused-ring (bicyclic) bond motifs is 1. The Balaban J connectivity index is 1.37. The molecule has 2 aromatic carbocycles. The van der Waals surface area contributed by atoms with E-state index >= 15 is 0 Å². The van der Waals surface area contributed by atoms with E-state index in [1.54, 1.807) is 13.0 Å². The molecule has 2 unspecified atom stereocenters. The number of rotatable bonds is 8. The van der Waals surface area contributed by atoms with E-state index in [1.807, 2.05) is 30.3 Å². The van der Waals surface area contributed by atoms with Crippen LogP contribution in [0.25, 0.3) is 12.2 Å². The Labute approximate surface area is 220 Å². The van der Waals surface area contributed by atoms with E-state index in [2.05, 4.69) is 5.32 Å². The third-order valence-corrected chi connectivity index (χ3v) is 9.40. The lowest BCUT2D eigenvalue weighted by Crippen LogP contribution is -2.56. The lowest BCUT2D eigenvalue weighted by Gasteiger charge is -2.34. The summed E-state index contributed by atoms with van der Waals surface area (Å²) in [7, 11) is -4.14. The smallest absolute Gasteiger partial charge is 0.265 e. The first-order chi connectivity index (χ1) is 18.1. The van der Waals surface area contributed by atoms with Crippen molar-refractivity contribution in [3.63, 3.8) is 0 Å². The zero-order chi connectivity index (χ0) is 27.4. The van der Waals surface area contributed by atoms with E-state index in [1.165, 1.54) is 42.1 Å². The molecule has 38 heavy (non-hydrogen) atoms. The predicted octanol–water partition coefficient (Wildman–Crippen LogP) is 0.308. The van der Waals surface area contributed by atoms with Crippen LogP contribution < -0.4 is 26.0 Å². The second-order valence-corrected chi connectivity index (χ2v) is 11.7. The highest BCUT2D eigenvalue weighted by Gasteiger charge is 2.52. The summed E-state index contributed by atoms with van der Waals surface area (Å²) in [5.41, 5.74) is 0.521. The lowest BCUT2D eigenvalue weighted by atomic mass is 9.88. The Bertz CT molecular complexity index is 1450. The van der Waals surface area contributed by atoms with Crippen LogP contribution >= 0.6 is 0 Å². The molecule has 2 amide bonds. The van der Waals surface area contributed by atoms with Gasteiger partial charge in [-0.2, -0.15) is 0 Å². The maximum Gasteiger partial charge on any atom is 0.265 e. The summed E-state index contributed by atoms with van der Waals surface area (Å²) < 4.78 is 35.5. The van der Waals surface area contributed by atoms with Gasteiger partial charge in [0.25, 0.3) is 5.91 Å². The highest BCUT2D eigenvalue weighted by atomic mass is 32.2. The topological polar surface area (TPSA) is 151 Å². The molecule has 1 fully saturated rings. The molecule has 10 nitrogen and oxygen atoms in total. The summed E-state index contributed by atoms with van der Waals surface area (Å²) in [5, 5.41) is 24.4. The molecular weight excluding hydrogens is 512 g/mol. The van der Waals surface area contributed by atoms with E-state index in [9.17, 15) is 23.1 Å². The van der Waals surface area contributed by atoms with Gasteiger partial charge in [-0.25, -0.2) is 13.9 Å². The molecule has 202 valence electrons. The van der Waals surface area contributed by atoms with Crippen LogP contribution in [0.5, 0.6) is 5.75 Å². The van der Waals surface area contributed by atoms with E-state index in [0.717, 1.165) is 10.4 Å². The van der Waals surface area contributed by atoms with Gasteiger partial charge in [0.05, 0.1) is 22.8 Å². The third-order valence-electron chi connectivity index (χ3n) is 6.88. The second kappa shape index (κ2) is 11.1. The molecular formula is C27H30N2O8S. The Morgan fingerprint density at radius 3 is 2.42 bits per heavy atom. The van der Waals surface area contributed by atoms with Crippen molar-refractivity contribution in [1.29, 1.82) is 0 Å². The van der Waals surface area contributed by atoms with Crippen LogP contribution in [0.1, 0.15) is 26.2 Å². The molecule has 2 aromatic rings. The van der Waals surface area contributed by atoms with Gasteiger partial charge in [-0.15, -0.1) is 0 Å². The fourth-order valence-electron chi connectivity index (χ4n) is 4.63. The van der Waals surface area contributed by atoms with E-state index < -0.39 is 32.1 Å². The zero-order valence-electron chi connectivity index (χ0n) is 20.8. The average molecular weight is 543 g/mol. The number of sulfone groups is 1. The summed E-state index contributed by atoms with van der Waals surface area (Å²) in [6.07, 6.45) is 5.29. The van der Waals surface area contributed by atoms with Gasteiger partial charge in [0.1, 0.15) is 5.75 Å². The number of hydroxylamine groups is 1. The Morgan fingerprint density at radius 2 is 1.76 bits per heavy atom. The number of aliphatic hydroxyl groups is 1. The van der Waals surface area contributed by atoms with E-state index in [4.69, 9.17) is 14.7 Å². The molecule has 1 heterocycles. The minimum Gasteiger partial charge on any atom is -0.465 e. The minimum atomic E-state index is -4.14. The summed E-state index contributed by atoms with van der Waals surface area (Å²) in [4.78, 5) is 24.8. The van der Waals surface area contributed by atoms with Crippen molar-refractivity contribution in [3.8, 4) is 5.75 Å². The van der Waals surface area contributed by atoms with Gasteiger partial charge in [-0.1, -0.05) is 24.3 Å². The molecule has 0 radical (unpaired) electrons. The van der Waals surface area contributed by atoms with Gasteiger partial charge in [0, 0.05) is 19.6 Å². The molecule has 4 rings (SSSR count). The van der Waals surface area contributed by atoms with Gasteiger partial charge in [0.15, 0.2) is 14.6 Å². The van der Waals surface area contributed by atoms with Gasteiger partial charge >= 0.3 is 0 Å². The molecule has 1 saturated heterocycles. The molecule has 0 bridgehead atoms. The van der Waals surface area contributed by atoms with Crippen molar-refractivity contribution in [1.82, 2.24) is 10.8 Å². The van der Waals surface area contributed by atoms with Crippen LogP contribution in [-0.4, -0.2) is 60.1 Å². The van der Waals surface area contributed by atoms with Crippen molar-refractivity contribution >= 4 is 33.8 Å². The van der Waals surface area contributed by atoms with E-state index in [-0.39, 0.29) is 43.3 Å². The predicted molar refractivity (Wildman–Crippen MR) is 138 cm³/mol. The van der Waals surface area contributed by atoms with Crippen LogP contribution in [-0.2, 0) is 24.2 Å². The lowest BCUT2D eigenvalue weighted by molar-refractivity contribution is -0.134. The first-order valence-corrected chi connectivity index (χ1v) is 13.6. The highest BCUT2D eigenvalue weighted by molar-refractivity contribution is 7.93. The highest BCUT2D eigenvalue weighted by Crippen LogP contribution is 2.35. The van der Waals surface area contributed by atoms with Crippen LogP contribution in [0, 0.1) is 0 Å². The average Bonchev–Trinajstić information content (AvgIpc) is 2.91. The molecule has 2 atom stereocenters. The van der Waals surface area contributed by atoms with Gasteiger partial charge in [0.2, 0.25) is 5.91 Å². The van der Waals surface area contributed by atoms with Crippen molar-refractivity contribution in [3.05, 3.63) is 71.3 Å². The zero-order valence-corrected chi connectivity index (χ0v) is 21.6. The molecule has 1 aliphatic heterocycles. The Kier molecular flexibility index (Phi) is 8.02. The molecule has 0 spiro atoms. The van der Waals surface area contributed by atoms with Crippen molar-refractivity contribution in [2.45, 2.75) is 47.5 Å². The second-order valence-electron chi connectivity index (χ2n) is 9.43. The van der Waals surface area contributed by atoms with Crippen molar-refractivity contribution in [2.24, 2.45) is 0 Å². The summed E-state index contributed by atoms with van der Waals surface area (Å²) >= 11 is 0.